The molecule has 2 aromatic rings. The highest BCUT2D eigenvalue weighted by Crippen LogP contribution is 2.28. The van der Waals surface area contributed by atoms with E-state index in [4.69, 9.17) is 4.98 Å². The summed E-state index contributed by atoms with van der Waals surface area (Å²) in [5, 5.41) is 4.50. The highest BCUT2D eigenvalue weighted by molar-refractivity contribution is 6.02. The van der Waals surface area contributed by atoms with E-state index in [-0.39, 0.29) is 23.9 Å². The van der Waals surface area contributed by atoms with Crippen molar-refractivity contribution in [3.63, 3.8) is 0 Å². The van der Waals surface area contributed by atoms with Gasteiger partial charge in [0.05, 0.1) is 0 Å². The molecule has 1 aromatic heterocycles. The van der Waals surface area contributed by atoms with Gasteiger partial charge in [-0.2, -0.15) is 0 Å². The maximum Gasteiger partial charge on any atom is 0.323 e. The molecule has 1 heterocycles. The number of urea groups is 1. The Morgan fingerprint density at radius 3 is 2.56 bits per heavy atom. The monoisotopic (exact) mass is 345 g/mol. The summed E-state index contributed by atoms with van der Waals surface area (Å²) in [5.74, 6) is 0.311. The Morgan fingerprint density at radius 1 is 1.24 bits per heavy atom. The van der Waals surface area contributed by atoms with Gasteiger partial charge in [0.25, 0.3) is 0 Å². The Labute approximate surface area is 149 Å². The van der Waals surface area contributed by atoms with Gasteiger partial charge < -0.3 is 5.32 Å². The lowest BCUT2D eigenvalue weighted by molar-refractivity contribution is 0.242. The molecule has 4 nitrogen and oxygen atoms in total. The molecule has 0 spiro atoms. The van der Waals surface area contributed by atoms with Crippen molar-refractivity contribution in [1.29, 1.82) is 0 Å². The van der Waals surface area contributed by atoms with E-state index in [1.165, 1.54) is 12.1 Å². The predicted molar refractivity (Wildman–Crippen MR) is 102 cm³/mol. The van der Waals surface area contributed by atoms with Crippen LogP contribution in [0.25, 0.3) is 10.8 Å². The number of aryl methyl sites for hydroxylation is 1. The molecule has 0 aliphatic heterocycles. The number of unbranched alkanes of at least 4 members (excludes halogenated alkanes) is 1. The van der Waals surface area contributed by atoms with Crippen LogP contribution in [0.5, 0.6) is 0 Å². The van der Waals surface area contributed by atoms with Crippen LogP contribution in [0, 0.1) is 5.82 Å². The Kier molecular flexibility index (Phi) is 6.34. The van der Waals surface area contributed by atoms with E-state index in [2.05, 4.69) is 12.2 Å². The van der Waals surface area contributed by atoms with Gasteiger partial charge in [0.1, 0.15) is 11.6 Å². The lowest BCUT2D eigenvalue weighted by Gasteiger charge is -2.28. The Bertz CT molecular complexity index is 743. The van der Waals surface area contributed by atoms with Crippen LogP contribution in [0.3, 0.4) is 0 Å². The van der Waals surface area contributed by atoms with Crippen molar-refractivity contribution in [2.24, 2.45) is 0 Å². The predicted octanol–water partition coefficient (Wildman–Crippen LogP) is 5.05. The Balaban J connectivity index is 2.60. The van der Waals surface area contributed by atoms with Gasteiger partial charge in [-0.25, -0.2) is 14.2 Å². The third kappa shape index (κ3) is 4.68. The number of rotatable bonds is 6. The summed E-state index contributed by atoms with van der Waals surface area (Å²) >= 11 is 0. The van der Waals surface area contributed by atoms with Crippen LogP contribution in [0.4, 0.5) is 15.0 Å². The number of hydrogen-bond acceptors (Lipinski definition) is 2. The van der Waals surface area contributed by atoms with Gasteiger partial charge in [-0.3, -0.25) is 4.90 Å². The summed E-state index contributed by atoms with van der Waals surface area (Å²) in [5.41, 5.74) is 0.887. The van der Waals surface area contributed by atoms with Crippen molar-refractivity contribution in [2.75, 3.05) is 4.90 Å². The van der Waals surface area contributed by atoms with Gasteiger partial charge in [-0.05, 0) is 70.2 Å². The molecule has 1 N–H and O–H groups in total. The van der Waals surface area contributed by atoms with E-state index < -0.39 is 0 Å². The standard InChI is InChI=1S/C20H28FN3O/c1-6-7-8-17-12-15-11-16(21)9-10-18(15)19(23-17)24(14(4)5)20(25)22-13(2)3/h9-14H,6-8H2,1-5H3,(H,22,25). The highest BCUT2D eigenvalue weighted by atomic mass is 19.1. The summed E-state index contributed by atoms with van der Waals surface area (Å²) < 4.78 is 13.7. The van der Waals surface area contributed by atoms with Crippen LogP contribution >= 0.6 is 0 Å². The summed E-state index contributed by atoms with van der Waals surface area (Å²) in [4.78, 5) is 19.2. The molecule has 5 heteroatoms. The maximum atomic E-state index is 13.7. The number of benzene rings is 1. The fourth-order valence-electron chi connectivity index (χ4n) is 2.83. The molecule has 0 bridgehead atoms. The molecule has 0 fully saturated rings. The normalized spacial score (nSPS) is 11.4. The third-order valence-corrected chi connectivity index (χ3v) is 3.99. The molecule has 0 saturated heterocycles. The van der Waals surface area contributed by atoms with Gasteiger partial charge in [-0.15, -0.1) is 0 Å². The molecule has 136 valence electrons. The number of amides is 2. The van der Waals surface area contributed by atoms with E-state index >= 15 is 0 Å². The summed E-state index contributed by atoms with van der Waals surface area (Å²) in [7, 11) is 0. The Hall–Kier alpha value is -2.17. The minimum Gasteiger partial charge on any atom is -0.335 e. The Morgan fingerprint density at radius 2 is 1.96 bits per heavy atom. The first-order chi connectivity index (χ1) is 11.8. The number of nitrogens with one attached hydrogen (secondary N) is 1. The number of hydrogen-bond donors (Lipinski definition) is 1. The zero-order valence-electron chi connectivity index (χ0n) is 15.8. The maximum absolute atomic E-state index is 13.7. The molecule has 0 aliphatic rings. The van der Waals surface area contributed by atoms with Crippen LogP contribution in [-0.4, -0.2) is 23.1 Å². The second kappa shape index (κ2) is 8.28. The van der Waals surface area contributed by atoms with Crippen LogP contribution in [-0.2, 0) is 6.42 Å². The SMILES string of the molecule is CCCCc1cc2cc(F)ccc2c(N(C(=O)NC(C)C)C(C)C)n1. The van der Waals surface area contributed by atoms with Gasteiger partial charge in [0, 0.05) is 23.2 Å². The van der Waals surface area contributed by atoms with E-state index in [0.717, 1.165) is 35.7 Å². The number of carbonyl (C=O) groups is 1. The molecule has 0 atom stereocenters. The van der Waals surface area contributed by atoms with Gasteiger partial charge in [0.2, 0.25) is 0 Å². The molecule has 0 unspecified atom stereocenters. The number of pyridine rings is 1. The number of aromatic nitrogens is 1. The molecule has 1 aromatic carbocycles. The van der Waals surface area contributed by atoms with Crippen LogP contribution in [0.1, 0.15) is 53.2 Å². The van der Waals surface area contributed by atoms with E-state index in [0.29, 0.717) is 5.82 Å². The average molecular weight is 345 g/mol. The molecule has 0 saturated carbocycles. The third-order valence-electron chi connectivity index (χ3n) is 3.99. The summed E-state index contributed by atoms with van der Waals surface area (Å²) in [6, 6.07) is 6.33. The largest absolute Gasteiger partial charge is 0.335 e. The second-order valence-corrected chi connectivity index (χ2v) is 6.97. The number of carbonyl (C=O) groups excluding carboxylic acids is 1. The van der Waals surface area contributed by atoms with E-state index in [9.17, 15) is 9.18 Å². The second-order valence-electron chi connectivity index (χ2n) is 6.97. The quantitative estimate of drug-likeness (QED) is 0.796. The minimum atomic E-state index is -0.283. The van der Waals surface area contributed by atoms with Crippen molar-refractivity contribution >= 4 is 22.6 Å². The molecular formula is C20H28FN3O. The lowest BCUT2D eigenvalue weighted by atomic mass is 10.1. The van der Waals surface area contributed by atoms with Crippen LogP contribution in [0.2, 0.25) is 0 Å². The van der Waals surface area contributed by atoms with E-state index in [1.54, 1.807) is 11.0 Å². The highest BCUT2D eigenvalue weighted by Gasteiger charge is 2.23. The molecule has 0 radical (unpaired) electrons. The van der Waals surface area contributed by atoms with Crippen molar-refractivity contribution in [3.05, 3.63) is 35.8 Å². The number of anilines is 1. The number of nitrogens with zero attached hydrogens (tertiary/aromatic N) is 2. The smallest absolute Gasteiger partial charge is 0.323 e. The van der Waals surface area contributed by atoms with E-state index in [1.807, 2.05) is 33.8 Å². The van der Waals surface area contributed by atoms with Gasteiger partial charge in [-0.1, -0.05) is 13.3 Å². The minimum absolute atomic E-state index is 0.0285. The molecule has 0 aliphatic carbocycles. The first-order valence-corrected chi connectivity index (χ1v) is 9.02. The summed E-state index contributed by atoms with van der Waals surface area (Å²) in [6.45, 7) is 9.88. The fraction of sp³-hybridized carbons (Fsp3) is 0.500. The number of fused-ring (bicyclic) bond motifs is 1. The molecular weight excluding hydrogens is 317 g/mol. The lowest BCUT2D eigenvalue weighted by Crippen LogP contribution is -2.47. The first kappa shape index (κ1) is 19.2. The molecule has 25 heavy (non-hydrogen) atoms. The van der Waals surface area contributed by atoms with Crippen molar-refractivity contribution in [2.45, 2.75) is 66.0 Å². The fourth-order valence-corrected chi connectivity index (χ4v) is 2.83. The topological polar surface area (TPSA) is 45.2 Å². The van der Waals surface area contributed by atoms with Crippen molar-refractivity contribution in [1.82, 2.24) is 10.3 Å². The average Bonchev–Trinajstić information content (AvgIpc) is 2.51. The van der Waals surface area contributed by atoms with Crippen LogP contribution < -0.4 is 10.2 Å². The van der Waals surface area contributed by atoms with Gasteiger partial charge >= 0.3 is 6.03 Å². The summed E-state index contributed by atoms with van der Waals surface area (Å²) in [6.07, 6.45) is 2.88. The zero-order chi connectivity index (χ0) is 18.6. The van der Waals surface area contributed by atoms with Crippen molar-refractivity contribution in [3.8, 4) is 0 Å². The zero-order valence-corrected chi connectivity index (χ0v) is 15.8. The van der Waals surface area contributed by atoms with Crippen molar-refractivity contribution < 1.29 is 9.18 Å². The molecule has 2 rings (SSSR count). The van der Waals surface area contributed by atoms with Crippen LogP contribution in [0.15, 0.2) is 24.3 Å². The first-order valence-electron chi connectivity index (χ1n) is 9.02. The number of halogens is 1. The molecule has 2 amide bonds. The van der Waals surface area contributed by atoms with Gasteiger partial charge in [0.15, 0.2) is 0 Å².